The minimum atomic E-state index is -0.890. The molecule has 2 unspecified atom stereocenters. The summed E-state index contributed by atoms with van der Waals surface area (Å²) in [6, 6.07) is 4.44. The van der Waals surface area contributed by atoms with Gasteiger partial charge in [0.1, 0.15) is 6.10 Å². The van der Waals surface area contributed by atoms with Gasteiger partial charge in [0.25, 0.3) is 0 Å². The second-order valence-electron chi connectivity index (χ2n) is 4.44. The van der Waals surface area contributed by atoms with Gasteiger partial charge in [0.2, 0.25) is 5.82 Å². The quantitative estimate of drug-likeness (QED) is 0.878. The Morgan fingerprint density at radius 3 is 2.88 bits per heavy atom. The average Bonchev–Trinajstić information content (AvgIpc) is 2.35. The standard InChI is InChI=1S/C13H17F2NO/c1-16-9-4-2-5-10(8-9)17-12-7-3-6-11(14)13(12)15/h3,6-7,9-10,16H,2,4-5,8H2,1H3. The van der Waals surface area contributed by atoms with Gasteiger partial charge in [-0.1, -0.05) is 6.07 Å². The van der Waals surface area contributed by atoms with Gasteiger partial charge in [-0.05, 0) is 44.9 Å². The van der Waals surface area contributed by atoms with Crippen LogP contribution in [0.2, 0.25) is 0 Å². The van der Waals surface area contributed by atoms with Crippen LogP contribution in [0.4, 0.5) is 8.78 Å². The Balaban J connectivity index is 2.02. The second kappa shape index (κ2) is 5.45. The number of nitrogens with one attached hydrogen (secondary N) is 1. The number of benzene rings is 1. The molecule has 1 N–H and O–H groups in total. The first-order valence-electron chi connectivity index (χ1n) is 5.98. The summed E-state index contributed by atoms with van der Waals surface area (Å²) in [5.41, 5.74) is 0. The van der Waals surface area contributed by atoms with Crippen molar-refractivity contribution in [3.63, 3.8) is 0 Å². The SMILES string of the molecule is CNC1CCCC(Oc2cccc(F)c2F)C1. The lowest BCUT2D eigenvalue weighted by atomic mass is 9.93. The Bertz CT molecular complexity index is 384. The maximum atomic E-state index is 13.4. The molecule has 4 heteroatoms. The monoisotopic (exact) mass is 241 g/mol. The van der Waals surface area contributed by atoms with Crippen molar-refractivity contribution in [2.45, 2.75) is 37.8 Å². The fraction of sp³-hybridized carbons (Fsp3) is 0.538. The molecule has 1 aliphatic carbocycles. The van der Waals surface area contributed by atoms with Gasteiger partial charge in [0.05, 0.1) is 0 Å². The molecule has 1 aromatic rings. The Labute approximate surface area is 100.0 Å². The summed E-state index contributed by atoms with van der Waals surface area (Å²) in [4.78, 5) is 0. The summed E-state index contributed by atoms with van der Waals surface area (Å²) in [6.45, 7) is 0. The minimum absolute atomic E-state index is 0.0201. The zero-order valence-corrected chi connectivity index (χ0v) is 9.88. The highest BCUT2D eigenvalue weighted by Gasteiger charge is 2.23. The van der Waals surface area contributed by atoms with Crippen LogP contribution in [-0.2, 0) is 0 Å². The van der Waals surface area contributed by atoms with Crippen molar-refractivity contribution in [3.8, 4) is 5.75 Å². The molecule has 1 saturated carbocycles. The molecule has 1 aliphatic rings. The molecule has 2 nitrogen and oxygen atoms in total. The molecule has 0 radical (unpaired) electrons. The van der Waals surface area contributed by atoms with Gasteiger partial charge in [-0.25, -0.2) is 4.39 Å². The van der Waals surface area contributed by atoms with E-state index >= 15 is 0 Å². The largest absolute Gasteiger partial charge is 0.487 e. The first-order chi connectivity index (χ1) is 8.20. The van der Waals surface area contributed by atoms with E-state index in [1.54, 1.807) is 0 Å². The van der Waals surface area contributed by atoms with Gasteiger partial charge < -0.3 is 10.1 Å². The van der Waals surface area contributed by atoms with Gasteiger partial charge >= 0.3 is 0 Å². The third kappa shape index (κ3) is 2.94. The van der Waals surface area contributed by atoms with Crippen molar-refractivity contribution in [1.82, 2.24) is 5.32 Å². The Morgan fingerprint density at radius 1 is 1.29 bits per heavy atom. The first kappa shape index (κ1) is 12.3. The van der Waals surface area contributed by atoms with Crippen molar-refractivity contribution in [1.29, 1.82) is 0 Å². The first-order valence-corrected chi connectivity index (χ1v) is 5.98. The molecule has 0 aromatic heterocycles. The highest BCUT2D eigenvalue weighted by molar-refractivity contribution is 5.25. The number of hydrogen-bond donors (Lipinski definition) is 1. The molecule has 2 rings (SSSR count). The van der Waals surface area contributed by atoms with Crippen LogP contribution in [0.15, 0.2) is 18.2 Å². The zero-order valence-electron chi connectivity index (χ0n) is 9.88. The van der Waals surface area contributed by atoms with Crippen LogP contribution in [0.3, 0.4) is 0 Å². The van der Waals surface area contributed by atoms with E-state index in [1.807, 2.05) is 7.05 Å². The summed E-state index contributed by atoms with van der Waals surface area (Å²) in [6.07, 6.45) is 3.87. The van der Waals surface area contributed by atoms with Crippen LogP contribution >= 0.6 is 0 Å². The van der Waals surface area contributed by atoms with Crippen molar-refractivity contribution >= 4 is 0 Å². The number of halogens is 2. The summed E-state index contributed by atoms with van der Waals surface area (Å²) >= 11 is 0. The summed E-state index contributed by atoms with van der Waals surface area (Å²) in [5.74, 6) is -1.73. The fourth-order valence-electron chi connectivity index (χ4n) is 2.27. The summed E-state index contributed by atoms with van der Waals surface area (Å²) in [5, 5.41) is 3.20. The van der Waals surface area contributed by atoms with E-state index in [2.05, 4.69) is 5.32 Å². The number of ether oxygens (including phenoxy) is 1. The van der Waals surface area contributed by atoms with Crippen molar-refractivity contribution in [2.24, 2.45) is 0 Å². The lowest BCUT2D eigenvalue weighted by Crippen LogP contribution is -2.36. The predicted octanol–water partition coefficient (Wildman–Crippen LogP) is 2.87. The molecule has 94 valence electrons. The summed E-state index contributed by atoms with van der Waals surface area (Å²) in [7, 11) is 1.91. The Hall–Kier alpha value is -1.16. The van der Waals surface area contributed by atoms with Gasteiger partial charge in [-0.3, -0.25) is 0 Å². The van der Waals surface area contributed by atoms with Gasteiger partial charge in [0.15, 0.2) is 11.6 Å². The third-order valence-corrected chi connectivity index (χ3v) is 3.24. The van der Waals surface area contributed by atoms with E-state index in [0.717, 1.165) is 31.7 Å². The molecule has 0 saturated heterocycles. The molecule has 0 amide bonds. The molecule has 1 fully saturated rings. The van der Waals surface area contributed by atoms with Crippen molar-refractivity contribution < 1.29 is 13.5 Å². The van der Waals surface area contributed by atoms with Crippen molar-refractivity contribution in [3.05, 3.63) is 29.8 Å². The minimum Gasteiger partial charge on any atom is -0.487 e. The highest BCUT2D eigenvalue weighted by Crippen LogP contribution is 2.26. The van der Waals surface area contributed by atoms with E-state index in [9.17, 15) is 8.78 Å². The van der Waals surface area contributed by atoms with Crippen LogP contribution in [0, 0.1) is 11.6 Å². The van der Waals surface area contributed by atoms with Crippen LogP contribution in [0.1, 0.15) is 25.7 Å². The van der Waals surface area contributed by atoms with Crippen molar-refractivity contribution in [2.75, 3.05) is 7.05 Å². The van der Waals surface area contributed by atoms with E-state index in [-0.39, 0.29) is 11.9 Å². The molecule has 17 heavy (non-hydrogen) atoms. The molecule has 1 aromatic carbocycles. The smallest absolute Gasteiger partial charge is 0.200 e. The number of hydrogen-bond acceptors (Lipinski definition) is 2. The normalized spacial score (nSPS) is 24.6. The van der Waals surface area contributed by atoms with E-state index in [1.165, 1.54) is 12.1 Å². The lowest BCUT2D eigenvalue weighted by molar-refractivity contribution is 0.130. The Kier molecular flexibility index (Phi) is 3.94. The van der Waals surface area contributed by atoms with E-state index in [4.69, 9.17) is 4.74 Å². The van der Waals surface area contributed by atoms with Crippen LogP contribution in [0.25, 0.3) is 0 Å². The molecule has 0 heterocycles. The van der Waals surface area contributed by atoms with Gasteiger partial charge in [0, 0.05) is 6.04 Å². The maximum Gasteiger partial charge on any atom is 0.200 e. The lowest BCUT2D eigenvalue weighted by Gasteiger charge is -2.29. The average molecular weight is 241 g/mol. The molecular weight excluding hydrogens is 224 g/mol. The van der Waals surface area contributed by atoms with Gasteiger partial charge in [-0.15, -0.1) is 0 Å². The molecule has 0 spiro atoms. The number of rotatable bonds is 3. The molecule has 2 atom stereocenters. The molecular formula is C13H17F2NO. The summed E-state index contributed by atoms with van der Waals surface area (Å²) < 4.78 is 32.0. The Morgan fingerprint density at radius 2 is 2.12 bits per heavy atom. The van der Waals surface area contributed by atoms with Crippen LogP contribution in [0.5, 0.6) is 5.75 Å². The second-order valence-corrected chi connectivity index (χ2v) is 4.44. The zero-order chi connectivity index (χ0) is 12.3. The van der Waals surface area contributed by atoms with Crippen LogP contribution < -0.4 is 10.1 Å². The molecule has 0 aliphatic heterocycles. The van der Waals surface area contributed by atoms with E-state index < -0.39 is 11.6 Å². The molecule has 0 bridgehead atoms. The third-order valence-electron chi connectivity index (χ3n) is 3.24. The highest BCUT2D eigenvalue weighted by atomic mass is 19.2. The maximum absolute atomic E-state index is 13.4. The predicted molar refractivity (Wildman–Crippen MR) is 62.1 cm³/mol. The van der Waals surface area contributed by atoms with Gasteiger partial charge in [-0.2, -0.15) is 4.39 Å². The van der Waals surface area contributed by atoms with E-state index in [0.29, 0.717) is 6.04 Å². The van der Waals surface area contributed by atoms with Crippen LogP contribution in [-0.4, -0.2) is 19.2 Å². The fourth-order valence-corrected chi connectivity index (χ4v) is 2.27. The topological polar surface area (TPSA) is 21.3 Å².